The third kappa shape index (κ3) is 2.92. The molecule has 98 valence electrons. The van der Waals surface area contributed by atoms with Crippen LogP contribution in [-0.2, 0) is 6.54 Å². The van der Waals surface area contributed by atoms with Gasteiger partial charge in [-0.15, -0.1) is 0 Å². The van der Waals surface area contributed by atoms with Crippen molar-refractivity contribution in [3.05, 3.63) is 36.5 Å². The Morgan fingerprint density at radius 3 is 2.61 bits per heavy atom. The Balaban J connectivity index is 2.04. The molecule has 1 aromatic carbocycles. The molecule has 2 N–H and O–H groups in total. The highest BCUT2D eigenvalue weighted by atomic mass is 16.3. The topological polar surface area (TPSA) is 29.6 Å². The first-order valence-corrected chi connectivity index (χ1v) is 6.80. The summed E-state index contributed by atoms with van der Waals surface area (Å²) in [6.07, 6.45) is 1.78. The van der Waals surface area contributed by atoms with Crippen molar-refractivity contribution in [2.75, 3.05) is 19.6 Å². The number of rotatable bonds is 6. The number of nitrogens with zero attached hydrogens (tertiary/aromatic N) is 1. The van der Waals surface area contributed by atoms with Crippen LogP contribution >= 0.6 is 0 Å². The molecule has 3 nitrogen and oxygen atoms in total. The molecule has 0 spiro atoms. The summed E-state index contributed by atoms with van der Waals surface area (Å²) in [5.41, 5.74) is 1.20. The van der Waals surface area contributed by atoms with Crippen LogP contribution in [0.3, 0.4) is 0 Å². The van der Waals surface area contributed by atoms with Crippen molar-refractivity contribution in [1.82, 2.24) is 4.57 Å². The van der Waals surface area contributed by atoms with Crippen LogP contribution in [-0.4, -0.2) is 35.4 Å². The first-order chi connectivity index (χ1) is 8.74. The average Bonchev–Trinajstić information content (AvgIpc) is 2.79. The number of fused-ring (bicyclic) bond motifs is 1. The summed E-state index contributed by atoms with van der Waals surface area (Å²) in [6, 6.07) is 10.4. The largest absolute Gasteiger partial charge is 0.385 e. The van der Waals surface area contributed by atoms with E-state index in [2.05, 4.69) is 42.8 Å². The van der Waals surface area contributed by atoms with E-state index in [1.165, 1.54) is 15.8 Å². The van der Waals surface area contributed by atoms with Crippen LogP contribution in [0.4, 0.5) is 0 Å². The van der Waals surface area contributed by atoms with Gasteiger partial charge in [-0.05, 0) is 31.4 Å². The Kier molecular flexibility index (Phi) is 4.39. The summed E-state index contributed by atoms with van der Waals surface area (Å²) in [5, 5.41) is 11.4. The van der Waals surface area contributed by atoms with E-state index in [1.54, 1.807) is 0 Å². The van der Waals surface area contributed by atoms with E-state index in [4.69, 9.17) is 0 Å². The van der Waals surface area contributed by atoms with E-state index in [0.29, 0.717) is 6.54 Å². The lowest BCUT2D eigenvalue weighted by atomic mass is 10.2. The zero-order chi connectivity index (χ0) is 13.0. The van der Waals surface area contributed by atoms with Crippen molar-refractivity contribution in [3.63, 3.8) is 0 Å². The molecule has 3 heteroatoms. The predicted octanol–water partition coefficient (Wildman–Crippen LogP) is 0.927. The molecule has 0 saturated carbocycles. The van der Waals surface area contributed by atoms with Crippen LogP contribution in [0, 0.1) is 0 Å². The molecule has 18 heavy (non-hydrogen) atoms. The number of para-hydroxylation sites is 1. The first kappa shape index (κ1) is 13.1. The fourth-order valence-electron chi connectivity index (χ4n) is 2.46. The highest BCUT2D eigenvalue weighted by Crippen LogP contribution is 2.15. The molecule has 0 amide bonds. The third-order valence-corrected chi connectivity index (χ3v) is 3.61. The van der Waals surface area contributed by atoms with Gasteiger partial charge in [0.2, 0.25) is 0 Å². The molecule has 1 atom stereocenters. The molecule has 0 radical (unpaired) electrons. The second-order valence-electron chi connectivity index (χ2n) is 4.84. The number of aliphatic hydroxyl groups excluding tert-OH is 1. The highest BCUT2D eigenvalue weighted by Gasteiger charge is 2.13. The van der Waals surface area contributed by atoms with E-state index >= 15 is 0 Å². The molecule has 2 rings (SSSR count). The Morgan fingerprint density at radius 1 is 1.17 bits per heavy atom. The van der Waals surface area contributed by atoms with E-state index in [1.807, 2.05) is 12.1 Å². The second-order valence-corrected chi connectivity index (χ2v) is 4.84. The van der Waals surface area contributed by atoms with Gasteiger partial charge in [0, 0.05) is 11.7 Å². The fourth-order valence-corrected chi connectivity index (χ4v) is 2.46. The van der Waals surface area contributed by atoms with Crippen molar-refractivity contribution in [3.8, 4) is 0 Å². The summed E-state index contributed by atoms with van der Waals surface area (Å²) >= 11 is 0. The number of aliphatic hydroxyl groups is 1. The van der Waals surface area contributed by atoms with Crippen LogP contribution in [0.2, 0.25) is 0 Å². The molecule has 0 bridgehead atoms. The SMILES string of the molecule is CC[NH+](CC)C[C@H](O)Cn1ccc2ccccc21. The maximum Gasteiger partial charge on any atom is 0.121 e. The lowest BCUT2D eigenvalue weighted by Gasteiger charge is -2.20. The van der Waals surface area contributed by atoms with Gasteiger partial charge in [0.15, 0.2) is 0 Å². The molecule has 0 aliphatic heterocycles. The van der Waals surface area contributed by atoms with Crippen molar-refractivity contribution in [2.24, 2.45) is 0 Å². The van der Waals surface area contributed by atoms with Gasteiger partial charge >= 0.3 is 0 Å². The number of benzene rings is 1. The molecule has 1 heterocycles. The maximum absolute atomic E-state index is 10.2. The minimum Gasteiger partial charge on any atom is -0.385 e. The first-order valence-electron chi connectivity index (χ1n) is 6.80. The van der Waals surface area contributed by atoms with Gasteiger partial charge < -0.3 is 14.6 Å². The summed E-state index contributed by atoms with van der Waals surface area (Å²) in [4.78, 5) is 1.44. The number of hydrogen-bond acceptors (Lipinski definition) is 1. The lowest BCUT2D eigenvalue weighted by Crippen LogP contribution is -3.12. The average molecular weight is 247 g/mol. The van der Waals surface area contributed by atoms with Gasteiger partial charge in [0.1, 0.15) is 12.6 Å². The fraction of sp³-hybridized carbons (Fsp3) is 0.467. The zero-order valence-corrected chi connectivity index (χ0v) is 11.3. The maximum atomic E-state index is 10.2. The van der Waals surface area contributed by atoms with Crippen LogP contribution in [0.15, 0.2) is 36.5 Å². The van der Waals surface area contributed by atoms with Crippen LogP contribution in [0.5, 0.6) is 0 Å². The normalized spacial score (nSPS) is 13.3. The van der Waals surface area contributed by atoms with Crippen molar-refractivity contribution in [1.29, 1.82) is 0 Å². The Bertz CT molecular complexity index is 488. The van der Waals surface area contributed by atoms with Gasteiger partial charge in [0.05, 0.1) is 19.6 Å². The third-order valence-electron chi connectivity index (χ3n) is 3.61. The van der Waals surface area contributed by atoms with Crippen LogP contribution in [0.1, 0.15) is 13.8 Å². The van der Waals surface area contributed by atoms with Crippen molar-refractivity contribution < 1.29 is 10.0 Å². The number of hydrogen-bond donors (Lipinski definition) is 2. The molecular weight excluding hydrogens is 224 g/mol. The van der Waals surface area contributed by atoms with Crippen molar-refractivity contribution in [2.45, 2.75) is 26.5 Å². The predicted molar refractivity (Wildman–Crippen MR) is 74.9 cm³/mol. The highest BCUT2D eigenvalue weighted by molar-refractivity contribution is 5.79. The molecule has 0 saturated heterocycles. The molecule has 1 aromatic heterocycles. The summed E-state index contributed by atoms with van der Waals surface area (Å²) in [5.74, 6) is 0. The summed E-state index contributed by atoms with van der Waals surface area (Å²) in [7, 11) is 0. The van der Waals surface area contributed by atoms with E-state index in [-0.39, 0.29) is 6.10 Å². The number of nitrogens with one attached hydrogen (secondary N) is 1. The Morgan fingerprint density at radius 2 is 1.89 bits per heavy atom. The van der Waals surface area contributed by atoms with Gasteiger partial charge in [-0.25, -0.2) is 0 Å². The molecule has 0 aliphatic carbocycles. The number of aromatic nitrogens is 1. The lowest BCUT2D eigenvalue weighted by molar-refractivity contribution is -0.899. The number of quaternary nitrogens is 1. The standard InChI is InChI=1S/C15H22N2O/c1-3-16(4-2)11-14(18)12-17-10-9-13-7-5-6-8-15(13)17/h5-10,14,18H,3-4,11-12H2,1-2H3/p+1/t14-/m0/s1. The molecule has 0 unspecified atom stereocenters. The molecule has 0 aliphatic rings. The molecule has 2 aromatic rings. The van der Waals surface area contributed by atoms with E-state index in [0.717, 1.165) is 19.6 Å². The monoisotopic (exact) mass is 247 g/mol. The zero-order valence-electron chi connectivity index (χ0n) is 11.3. The van der Waals surface area contributed by atoms with Gasteiger partial charge in [-0.2, -0.15) is 0 Å². The quantitative estimate of drug-likeness (QED) is 0.781. The minimum absolute atomic E-state index is 0.282. The Labute approximate surface area is 109 Å². The van der Waals surface area contributed by atoms with Gasteiger partial charge in [0.25, 0.3) is 0 Å². The van der Waals surface area contributed by atoms with E-state index < -0.39 is 0 Å². The van der Waals surface area contributed by atoms with Gasteiger partial charge in [-0.3, -0.25) is 0 Å². The number of likely N-dealkylation sites (N-methyl/N-ethyl adjacent to an activating group) is 1. The second kappa shape index (κ2) is 6.03. The van der Waals surface area contributed by atoms with Crippen LogP contribution in [0.25, 0.3) is 10.9 Å². The van der Waals surface area contributed by atoms with Crippen LogP contribution < -0.4 is 4.90 Å². The Hall–Kier alpha value is -1.32. The molecular formula is C15H23N2O+. The molecule has 0 fully saturated rings. The summed E-state index contributed by atoms with van der Waals surface area (Å²) in [6.45, 7) is 7.96. The van der Waals surface area contributed by atoms with E-state index in [9.17, 15) is 5.11 Å². The minimum atomic E-state index is -0.282. The van der Waals surface area contributed by atoms with Gasteiger partial charge in [-0.1, -0.05) is 18.2 Å². The van der Waals surface area contributed by atoms with Crippen molar-refractivity contribution >= 4 is 10.9 Å². The summed E-state index contributed by atoms with van der Waals surface area (Å²) < 4.78 is 2.14. The smallest absolute Gasteiger partial charge is 0.121 e.